The van der Waals surface area contributed by atoms with Crippen molar-refractivity contribution in [3.8, 4) is 0 Å². The number of ether oxygens (including phenoxy) is 1. The van der Waals surface area contributed by atoms with E-state index in [9.17, 15) is 0 Å². The highest BCUT2D eigenvalue weighted by Crippen LogP contribution is 2.41. The van der Waals surface area contributed by atoms with Crippen molar-refractivity contribution in [2.24, 2.45) is 0 Å². The Balaban J connectivity index is 1.42. The smallest absolute Gasteiger partial charge is 0.170 e. The van der Waals surface area contributed by atoms with Gasteiger partial charge in [-0.15, -0.1) is 0 Å². The molecule has 2 fully saturated rings. The van der Waals surface area contributed by atoms with Crippen molar-refractivity contribution in [2.75, 3.05) is 32.8 Å². The molecule has 8 heteroatoms. The first-order valence-electron chi connectivity index (χ1n) is 12.5. The molecule has 3 aromatic rings. The van der Waals surface area contributed by atoms with Crippen LogP contribution in [0.4, 0.5) is 0 Å². The first kappa shape index (κ1) is 23.9. The summed E-state index contributed by atoms with van der Waals surface area (Å²) in [5.74, 6) is 0. The first-order chi connectivity index (χ1) is 17.1. The molecule has 184 valence electrons. The van der Waals surface area contributed by atoms with Gasteiger partial charge in [-0.05, 0) is 68.4 Å². The number of aryl methyl sites for hydroxylation is 1. The third-order valence-electron chi connectivity index (χ3n) is 7.15. The van der Waals surface area contributed by atoms with Crippen LogP contribution in [0.15, 0.2) is 54.9 Å². The molecule has 0 spiro atoms. The predicted molar refractivity (Wildman–Crippen MR) is 141 cm³/mol. The van der Waals surface area contributed by atoms with Gasteiger partial charge >= 0.3 is 0 Å². The van der Waals surface area contributed by atoms with Crippen LogP contribution in [0.25, 0.3) is 0 Å². The van der Waals surface area contributed by atoms with Crippen molar-refractivity contribution < 1.29 is 4.74 Å². The van der Waals surface area contributed by atoms with Gasteiger partial charge in [0, 0.05) is 50.0 Å². The van der Waals surface area contributed by atoms with Crippen LogP contribution in [0.1, 0.15) is 46.8 Å². The molecule has 3 aromatic heterocycles. The van der Waals surface area contributed by atoms with Gasteiger partial charge in [0.25, 0.3) is 0 Å². The molecule has 0 aromatic carbocycles. The summed E-state index contributed by atoms with van der Waals surface area (Å²) in [7, 11) is 0. The lowest BCUT2D eigenvalue weighted by Gasteiger charge is -2.28. The van der Waals surface area contributed by atoms with Gasteiger partial charge in [0.15, 0.2) is 5.11 Å². The van der Waals surface area contributed by atoms with E-state index in [0.29, 0.717) is 6.54 Å². The second-order valence-corrected chi connectivity index (χ2v) is 9.75. The van der Waals surface area contributed by atoms with Gasteiger partial charge in [-0.3, -0.25) is 14.9 Å². The summed E-state index contributed by atoms with van der Waals surface area (Å²) in [6.07, 6.45) is 4.82. The van der Waals surface area contributed by atoms with Gasteiger partial charge in [0.1, 0.15) is 0 Å². The fourth-order valence-corrected chi connectivity index (χ4v) is 5.63. The van der Waals surface area contributed by atoms with Crippen LogP contribution in [0.5, 0.6) is 0 Å². The zero-order valence-corrected chi connectivity index (χ0v) is 21.4. The number of thiocarbonyl (C=S) groups is 1. The van der Waals surface area contributed by atoms with E-state index < -0.39 is 0 Å². The lowest BCUT2D eigenvalue weighted by atomic mass is 9.96. The largest absolute Gasteiger partial charge is 0.379 e. The maximum absolute atomic E-state index is 5.86. The molecule has 7 nitrogen and oxygen atoms in total. The van der Waals surface area contributed by atoms with Crippen LogP contribution in [-0.4, -0.2) is 62.3 Å². The quantitative estimate of drug-likeness (QED) is 0.482. The average molecular weight is 491 g/mol. The summed E-state index contributed by atoms with van der Waals surface area (Å²) in [5, 5.41) is 4.31. The molecule has 0 bridgehead atoms. The third-order valence-corrected chi connectivity index (χ3v) is 7.50. The van der Waals surface area contributed by atoms with Crippen LogP contribution in [-0.2, 0) is 17.8 Å². The monoisotopic (exact) mass is 490 g/mol. The van der Waals surface area contributed by atoms with Gasteiger partial charge in [-0.25, -0.2) is 0 Å². The third kappa shape index (κ3) is 5.24. The normalized spacial score (nSPS) is 20.9. The van der Waals surface area contributed by atoms with E-state index in [-0.39, 0.29) is 12.1 Å². The molecule has 1 N–H and O–H groups in total. The van der Waals surface area contributed by atoms with Crippen LogP contribution < -0.4 is 5.32 Å². The van der Waals surface area contributed by atoms with Crippen molar-refractivity contribution in [1.82, 2.24) is 29.7 Å². The number of pyridine rings is 2. The van der Waals surface area contributed by atoms with Gasteiger partial charge in [0.2, 0.25) is 0 Å². The van der Waals surface area contributed by atoms with E-state index in [1.54, 1.807) is 0 Å². The molecule has 0 amide bonds. The highest BCUT2D eigenvalue weighted by Gasteiger charge is 2.41. The van der Waals surface area contributed by atoms with Crippen molar-refractivity contribution in [3.63, 3.8) is 0 Å². The minimum absolute atomic E-state index is 0.0188. The fourth-order valence-electron chi connectivity index (χ4n) is 5.33. The van der Waals surface area contributed by atoms with E-state index in [0.717, 1.165) is 62.3 Å². The Hall–Kier alpha value is -2.81. The van der Waals surface area contributed by atoms with Gasteiger partial charge in [-0.1, -0.05) is 12.1 Å². The van der Waals surface area contributed by atoms with E-state index >= 15 is 0 Å². The van der Waals surface area contributed by atoms with Crippen LogP contribution in [0.3, 0.4) is 0 Å². The summed E-state index contributed by atoms with van der Waals surface area (Å²) in [6.45, 7) is 11.0. The highest BCUT2D eigenvalue weighted by molar-refractivity contribution is 7.80. The molecule has 5 rings (SSSR count). The topological polar surface area (TPSA) is 58.5 Å². The van der Waals surface area contributed by atoms with Crippen LogP contribution in [0, 0.1) is 13.8 Å². The number of nitrogens with zero attached hydrogens (tertiary/aromatic N) is 5. The molecule has 2 aliphatic rings. The minimum atomic E-state index is -0.0188. The first-order valence-corrected chi connectivity index (χ1v) is 12.9. The van der Waals surface area contributed by atoms with Crippen molar-refractivity contribution in [3.05, 3.63) is 83.2 Å². The molecule has 0 aliphatic carbocycles. The molecule has 2 saturated heterocycles. The van der Waals surface area contributed by atoms with E-state index in [1.807, 2.05) is 36.7 Å². The van der Waals surface area contributed by atoms with Gasteiger partial charge < -0.3 is 19.5 Å². The predicted octanol–water partition coefficient (Wildman–Crippen LogP) is 3.79. The Bertz CT molecular complexity index is 1130. The zero-order chi connectivity index (χ0) is 24.2. The van der Waals surface area contributed by atoms with Crippen molar-refractivity contribution >= 4 is 17.3 Å². The van der Waals surface area contributed by atoms with Gasteiger partial charge in [0.05, 0.1) is 43.2 Å². The Morgan fingerprint density at radius 1 is 1.03 bits per heavy atom. The van der Waals surface area contributed by atoms with Crippen molar-refractivity contribution in [1.29, 1.82) is 0 Å². The zero-order valence-electron chi connectivity index (χ0n) is 20.6. The minimum Gasteiger partial charge on any atom is -0.379 e. The van der Waals surface area contributed by atoms with E-state index in [1.165, 1.54) is 17.0 Å². The lowest BCUT2D eigenvalue weighted by molar-refractivity contribution is 0.0369. The lowest BCUT2D eigenvalue weighted by Crippen LogP contribution is -2.37. The molecular formula is C27H34N6OS. The Labute approximate surface area is 213 Å². The second-order valence-electron chi connectivity index (χ2n) is 9.36. The second kappa shape index (κ2) is 10.8. The summed E-state index contributed by atoms with van der Waals surface area (Å²) in [5.41, 5.74) is 5.89. The standard InChI is InChI=1S/C27H34N6OS/c1-20-18-23(21(2)32(20)13-7-12-31-14-16-34-17-15-31)26-25(24-9-4-6-11-29-24)30-27(35)33(26)19-22-8-3-5-10-28-22/h3-6,8-11,18,25-26H,7,12-17,19H2,1-2H3,(H,30,35)/t25-,26-/m1/s1. The number of hydrogen-bond donors (Lipinski definition) is 1. The van der Waals surface area contributed by atoms with E-state index in [2.05, 4.69) is 61.7 Å². The molecule has 2 atom stereocenters. The SMILES string of the molecule is Cc1cc([C@@H]2[C@@H](c3ccccn3)NC(=S)N2Cc2ccccn2)c(C)n1CCCN1CCOCC1. The molecule has 35 heavy (non-hydrogen) atoms. The molecule has 5 heterocycles. The number of nitrogens with one attached hydrogen (secondary N) is 1. The number of morpholine rings is 1. The number of hydrogen-bond acceptors (Lipinski definition) is 5. The Morgan fingerprint density at radius 2 is 1.80 bits per heavy atom. The summed E-state index contributed by atoms with van der Waals surface area (Å²) < 4.78 is 7.96. The van der Waals surface area contributed by atoms with E-state index in [4.69, 9.17) is 17.0 Å². The fraction of sp³-hybridized carbons (Fsp3) is 0.444. The maximum Gasteiger partial charge on any atom is 0.170 e. The number of aromatic nitrogens is 3. The molecule has 0 unspecified atom stereocenters. The van der Waals surface area contributed by atoms with Crippen molar-refractivity contribution in [2.45, 2.75) is 45.4 Å². The molecular weight excluding hydrogens is 456 g/mol. The molecule has 0 radical (unpaired) electrons. The summed E-state index contributed by atoms with van der Waals surface area (Å²) in [6, 6.07) is 14.5. The Morgan fingerprint density at radius 3 is 2.51 bits per heavy atom. The average Bonchev–Trinajstić information content (AvgIpc) is 3.36. The van der Waals surface area contributed by atoms with Gasteiger partial charge in [-0.2, -0.15) is 0 Å². The number of rotatable bonds is 8. The Kier molecular flexibility index (Phi) is 7.41. The van der Waals surface area contributed by atoms with Crippen LogP contribution in [0.2, 0.25) is 0 Å². The summed E-state index contributed by atoms with van der Waals surface area (Å²) in [4.78, 5) is 14.0. The maximum atomic E-state index is 5.86. The van der Waals surface area contributed by atoms with Crippen LogP contribution >= 0.6 is 12.2 Å². The molecule has 2 aliphatic heterocycles. The summed E-state index contributed by atoms with van der Waals surface area (Å²) >= 11 is 5.86. The molecule has 0 saturated carbocycles. The highest BCUT2D eigenvalue weighted by atomic mass is 32.1.